The van der Waals surface area contributed by atoms with Gasteiger partial charge in [-0.1, -0.05) is 50.2 Å². The Hall–Kier alpha value is -1.96. The molecule has 3 rings (SSSR count). The van der Waals surface area contributed by atoms with Gasteiger partial charge in [-0.05, 0) is 29.7 Å². The van der Waals surface area contributed by atoms with Crippen molar-refractivity contribution in [3.8, 4) is 0 Å². The molecule has 1 aliphatic rings. The number of hydrogen-bond acceptors (Lipinski definition) is 5. The van der Waals surface area contributed by atoms with E-state index in [0.717, 1.165) is 26.2 Å². The number of nitrogens with two attached hydrogens (primary N) is 1. The molecule has 2 heterocycles. The van der Waals surface area contributed by atoms with E-state index in [2.05, 4.69) is 18.8 Å². The van der Waals surface area contributed by atoms with Gasteiger partial charge >= 0.3 is 6.09 Å². The van der Waals surface area contributed by atoms with E-state index in [1.165, 1.54) is 0 Å². The van der Waals surface area contributed by atoms with Crippen molar-refractivity contribution in [2.24, 2.45) is 11.7 Å². The van der Waals surface area contributed by atoms with Crippen molar-refractivity contribution in [2.45, 2.75) is 50.2 Å². The Morgan fingerprint density at radius 2 is 2.07 bits per heavy atom. The van der Waals surface area contributed by atoms with Crippen LogP contribution in [0.4, 0.5) is 4.79 Å². The third-order valence-electron chi connectivity index (χ3n) is 4.74. The number of ether oxygens (including phenoxy) is 1. The van der Waals surface area contributed by atoms with E-state index in [9.17, 15) is 4.79 Å². The summed E-state index contributed by atoms with van der Waals surface area (Å²) in [7, 11) is 0. The van der Waals surface area contributed by atoms with Gasteiger partial charge in [0.2, 0.25) is 0 Å². The van der Waals surface area contributed by atoms with Gasteiger partial charge < -0.3 is 15.0 Å². The van der Waals surface area contributed by atoms with Crippen molar-refractivity contribution in [3.63, 3.8) is 0 Å². The summed E-state index contributed by atoms with van der Waals surface area (Å²) in [5.41, 5.74) is 7.14. The first-order valence-electron chi connectivity index (χ1n) is 9.57. The van der Waals surface area contributed by atoms with Gasteiger partial charge in [-0.25, -0.2) is 9.78 Å². The predicted octanol–water partition coefficient (Wildman–Crippen LogP) is 5.40. The summed E-state index contributed by atoms with van der Waals surface area (Å²) in [6.07, 6.45) is 6.61. The number of carbonyl (C=O) groups is 1. The van der Waals surface area contributed by atoms with Gasteiger partial charge in [0.25, 0.3) is 0 Å². The van der Waals surface area contributed by atoms with E-state index in [0.29, 0.717) is 12.4 Å². The zero-order chi connectivity index (χ0) is 21.8. The molecule has 0 saturated heterocycles. The second-order valence-corrected chi connectivity index (χ2v) is 9.36. The normalized spacial score (nSPS) is 18.9. The molecule has 1 amide bonds. The highest BCUT2D eigenvalue weighted by atomic mass is 35.5. The summed E-state index contributed by atoms with van der Waals surface area (Å²) in [6.45, 7) is 6.69. The van der Waals surface area contributed by atoms with Crippen LogP contribution in [0.2, 0.25) is 0 Å². The van der Waals surface area contributed by atoms with E-state index >= 15 is 0 Å². The van der Waals surface area contributed by atoms with Gasteiger partial charge in [-0.2, -0.15) is 0 Å². The quantitative estimate of drug-likeness (QED) is 0.552. The zero-order valence-electron chi connectivity index (χ0n) is 17.0. The van der Waals surface area contributed by atoms with Crippen molar-refractivity contribution in [1.82, 2.24) is 14.5 Å². The fourth-order valence-electron chi connectivity index (χ4n) is 3.01. The van der Waals surface area contributed by atoms with Gasteiger partial charge in [-0.3, -0.25) is 4.98 Å². The van der Waals surface area contributed by atoms with Gasteiger partial charge in [-0.15, -0.1) is 11.6 Å². The minimum atomic E-state index is -0.836. The summed E-state index contributed by atoms with van der Waals surface area (Å²) < 4.78 is 7.10. The van der Waals surface area contributed by atoms with Gasteiger partial charge in [0, 0.05) is 28.2 Å². The number of aromatic nitrogens is 3. The van der Waals surface area contributed by atoms with Crippen LogP contribution in [-0.2, 0) is 17.9 Å². The second-order valence-electron chi connectivity index (χ2n) is 7.36. The fourth-order valence-corrected chi connectivity index (χ4v) is 5.03. The molecule has 0 aliphatic heterocycles. The molecule has 30 heavy (non-hydrogen) atoms. The van der Waals surface area contributed by atoms with Crippen LogP contribution in [-0.4, -0.2) is 26.0 Å². The van der Waals surface area contributed by atoms with E-state index < -0.39 is 6.09 Å². The van der Waals surface area contributed by atoms with Crippen LogP contribution >= 0.6 is 35.0 Å². The van der Waals surface area contributed by atoms with Crippen molar-refractivity contribution < 1.29 is 9.53 Å². The SMILES string of the molecule is CC(C)c1nc(COC(N)=O)n(Cc2ccncc2)c1SC1=CC(Cl)C(C)C(Cl)=C1. The third-order valence-corrected chi connectivity index (χ3v) is 6.81. The van der Waals surface area contributed by atoms with Gasteiger partial charge in [0.15, 0.2) is 6.61 Å². The number of pyridine rings is 1. The Morgan fingerprint density at radius 3 is 2.67 bits per heavy atom. The lowest BCUT2D eigenvalue weighted by Gasteiger charge is -2.21. The Labute approximate surface area is 190 Å². The first kappa shape index (κ1) is 22.7. The third kappa shape index (κ3) is 5.39. The maximum absolute atomic E-state index is 11.2. The Morgan fingerprint density at radius 1 is 1.37 bits per heavy atom. The lowest BCUT2D eigenvalue weighted by Crippen LogP contribution is -2.16. The fraction of sp³-hybridized carbons (Fsp3) is 0.381. The number of thioether (sulfide) groups is 1. The molecule has 2 N–H and O–H groups in total. The van der Waals surface area contributed by atoms with Crippen molar-refractivity contribution in [2.75, 3.05) is 0 Å². The smallest absolute Gasteiger partial charge is 0.404 e. The number of primary amides is 1. The number of allylic oxidation sites excluding steroid dienone is 3. The van der Waals surface area contributed by atoms with Crippen molar-refractivity contribution in [3.05, 3.63) is 63.7 Å². The summed E-state index contributed by atoms with van der Waals surface area (Å²) in [5, 5.41) is 1.50. The number of imidazole rings is 1. The molecule has 0 bridgehead atoms. The molecule has 0 aromatic carbocycles. The maximum atomic E-state index is 11.2. The predicted molar refractivity (Wildman–Crippen MR) is 121 cm³/mol. The Kier molecular flexibility index (Phi) is 7.50. The first-order valence-corrected chi connectivity index (χ1v) is 11.2. The first-order chi connectivity index (χ1) is 14.3. The topological polar surface area (TPSA) is 83.0 Å². The monoisotopic (exact) mass is 466 g/mol. The molecule has 2 aromatic heterocycles. The molecule has 9 heteroatoms. The second kappa shape index (κ2) is 9.90. The lowest BCUT2D eigenvalue weighted by molar-refractivity contribution is 0.145. The Balaban J connectivity index is 2.04. The van der Waals surface area contributed by atoms with E-state index in [1.807, 2.05) is 35.8 Å². The minimum Gasteiger partial charge on any atom is -0.442 e. The largest absolute Gasteiger partial charge is 0.442 e. The molecule has 0 fully saturated rings. The number of alkyl halides is 1. The summed E-state index contributed by atoms with van der Waals surface area (Å²) in [5.74, 6) is 0.857. The molecule has 0 saturated carbocycles. The number of halogens is 2. The van der Waals surface area contributed by atoms with Crippen molar-refractivity contribution in [1.29, 1.82) is 0 Å². The number of nitrogens with zero attached hydrogens (tertiary/aromatic N) is 3. The molecule has 2 unspecified atom stereocenters. The maximum Gasteiger partial charge on any atom is 0.404 e. The highest BCUT2D eigenvalue weighted by molar-refractivity contribution is 8.03. The van der Waals surface area contributed by atoms with Crippen LogP contribution in [0.25, 0.3) is 0 Å². The molecule has 2 aromatic rings. The van der Waals surface area contributed by atoms with E-state index in [-0.39, 0.29) is 23.8 Å². The molecule has 0 spiro atoms. The average molecular weight is 467 g/mol. The number of rotatable bonds is 7. The Bertz CT molecular complexity index is 973. The van der Waals surface area contributed by atoms with E-state index in [1.54, 1.807) is 24.2 Å². The molecular formula is C21H24Cl2N4O2S. The van der Waals surface area contributed by atoms with Crippen molar-refractivity contribution >= 4 is 41.1 Å². The molecule has 0 radical (unpaired) electrons. The average Bonchev–Trinajstić information content (AvgIpc) is 3.02. The molecule has 6 nitrogen and oxygen atoms in total. The minimum absolute atomic E-state index is 0.00843. The zero-order valence-corrected chi connectivity index (χ0v) is 19.3. The molecule has 160 valence electrons. The standard InChI is InChI=1S/C21H24Cl2N4O2S/c1-12(2)19-20(30-15-8-16(22)13(3)17(23)9-15)27(10-14-4-6-25-7-5-14)18(26-19)11-29-21(24)28/h4-9,12-13,16H,10-11H2,1-3H3,(H2,24,28). The molecule has 1 aliphatic carbocycles. The number of hydrogen-bond donors (Lipinski definition) is 1. The van der Waals surface area contributed by atoms with Crippen LogP contribution in [0.3, 0.4) is 0 Å². The molecule has 2 atom stereocenters. The lowest BCUT2D eigenvalue weighted by atomic mass is 10.0. The van der Waals surface area contributed by atoms with Crippen LogP contribution in [0, 0.1) is 5.92 Å². The van der Waals surface area contributed by atoms with Crippen LogP contribution in [0.15, 0.2) is 51.6 Å². The highest BCUT2D eigenvalue weighted by Crippen LogP contribution is 2.40. The van der Waals surface area contributed by atoms with Crippen LogP contribution < -0.4 is 5.73 Å². The summed E-state index contributed by atoms with van der Waals surface area (Å²) >= 11 is 14.4. The summed E-state index contributed by atoms with van der Waals surface area (Å²) in [6, 6.07) is 3.88. The molecular weight excluding hydrogens is 443 g/mol. The number of amides is 1. The number of carbonyl (C=O) groups excluding carboxylic acids is 1. The van der Waals surface area contributed by atoms with Crippen LogP contribution in [0.5, 0.6) is 0 Å². The van der Waals surface area contributed by atoms with E-state index in [4.69, 9.17) is 38.7 Å². The highest BCUT2D eigenvalue weighted by Gasteiger charge is 2.25. The summed E-state index contributed by atoms with van der Waals surface area (Å²) in [4.78, 5) is 21.0. The van der Waals surface area contributed by atoms with Gasteiger partial charge in [0.1, 0.15) is 10.9 Å². The van der Waals surface area contributed by atoms with Gasteiger partial charge in [0.05, 0.1) is 17.6 Å². The van der Waals surface area contributed by atoms with Crippen LogP contribution in [0.1, 0.15) is 43.8 Å².